The third-order valence-corrected chi connectivity index (χ3v) is 20.5. The number of nitrogen functional groups attached to an aromatic ring is 1. The molecule has 0 saturated carbocycles. The molecule has 1 unspecified atom stereocenters. The number of nitrogens with zero attached hydrogens (tertiary/aromatic N) is 14. The second-order valence-electron chi connectivity index (χ2n) is 26.5. The summed E-state index contributed by atoms with van der Waals surface area (Å²) in [6, 6.07) is 71.3. The standard InChI is InChI=1S/C30H27BFN3O2.C25H17BrFN3.C6H3BrFN3.C6H4ClFN2O.C6H2ClFN2.C6H3ClFNO2.C6H5FN4/c1-21-29(2,3)37-31(36-21)27-26-19-25(32)20-33-28(26)35(34-27)30(22-13-7-4-8-14-22,23-15-9-5-10-16-23)24-17-11-6-12-18-24;26-23-22-16-21(27)17-28-24(22)30(29-23)25(18-10-4-1-5-11-18,19-12-6-2-7-13-19)20-14-8-3-9-15-20;7-5-4-1-3(8)2-9-6(4)11-10-5;7-5-4(6(9)11)1-3(8)2-10-5;7-6-4(2-9)1-5(8)3-10-6;7-5-4(6(10)11)1-3(8)2-9-5;7-3-1-4-5(8)10-11-6(4)9-2-3/h4-21H,1-3H3;1-17H;1-2H,(H,9,10,11);1-2H,(H2,9,11);1,3H;1-2H,(H,10,11);1-2H,(H3,8,9,10,11). The minimum Gasteiger partial charge on any atom is -0.478 e. The van der Waals surface area contributed by atoms with Crippen LogP contribution >= 0.6 is 66.7 Å². The van der Waals surface area contributed by atoms with Gasteiger partial charge in [-0.1, -0.05) is 217 Å². The van der Waals surface area contributed by atoms with Crippen molar-refractivity contribution in [2.75, 3.05) is 5.73 Å². The summed E-state index contributed by atoms with van der Waals surface area (Å²) < 4.78 is 108. The van der Waals surface area contributed by atoms with Crippen LogP contribution in [-0.2, 0) is 20.4 Å². The zero-order valence-electron chi connectivity index (χ0n) is 63.1. The number of nitrogens with one attached hydrogen (secondary N) is 2. The molecule has 121 heavy (non-hydrogen) atoms. The smallest absolute Gasteiger partial charge is 0.478 e. The van der Waals surface area contributed by atoms with Crippen LogP contribution in [0.2, 0.25) is 15.5 Å². The predicted octanol–water partition coefficient (Wildman–Crippen LogP) is 18.3. The lowest BCUT2D eigenvalue weighted by Crippen LogP contribution is -2.41. The Kier molecular flexibility index (Phi) is 27.9. The molecule has 608 valence electrons. The number of H-pyrrole nitrogens is 2. The largest absolute Gasteiger partial charge is 0.516 e. The number of carbonyl (C=O) groups is 2. The normalized spacial score (nSPS) is 12.6. The summed E-state index contributed by atoms with van der Waals surface area (Å²) in [6.45, 7) is 5.94. The topological polar surface area (TPSA) is 332 Å². The van der Waals surface area contributed by atoms with Crippen LogP contribution < -0.4 is 17.1 Å². The molecule has 1 fully saturated rings. The molecule has 7 N–H and O–H groups in total. The van der Waals surface area contributed by atoms with Crippen LogP contribution in [0.1, 0.15) is 80.4 Å². The fraction of sp³-hybridized carbons (Fsp3) is 0.0824. The Morgan fingerprint density at radius 2 is 0.843 bits per heavy atom. The average Bonchev–Trinajstić information content (AvgIpc) is 1.62. The third kappa shape index (κ3) is 19.6. The Morgan fingerprint density at radius 1 is 0.496 bits per heavy atom. The molecule has 0 spiro atoms. The maximum Gasteiger partial charge on any atom is 0.516 e. The van der Waals surface area contributed by atoms with E-state index in [1.165, 1.54) is 36.7 Å². The van der Waals surface area contributed by atoms with Crippen LogP contribution in [0, 0.1) is 52.1 Å². The second kappa shape index (κ2) is 38.7. The molecule has 23 nitrogen and oxygen atoms in total. The Labute approximate surface area is 715 Å². The average molecular weight is 1820 g/mol. The van der Waals surface area contributed by atoms with Crippen LogP contribution in [0.4, 0.5) is 36.6 Å². The van der Waals surface area contributed by atoms with Crippen molar-refractivity contribution in [2.24, 2.45) is 5.73 Å². The Balaban J connectivity index is 0.000000140. The van der Waals surface area contributed by atoms with Gasteiger partial charge in [-0.2, -0.15) is 25.7 Å². The van der Waals surface area contributed by atoms with Gasteiger partial charge >= 0.3 is 13.1 Å². The van der Waals surface area contributed by atoms with E-state index in [0.717, 1.165) is 82.6 Å². The third-order valence-electron chi connectivity index (χ3n) is 18.5. The fourth-order valence-electron chi connectivity index (χ4n) is 12.7. The molecule has 1 saturated heterocycles. The van der Waals surface area contributed by atoms with Gasteiger partial charge in [0.1, 0.15) is 93.9 Å². The highest BCUT2D eigenvalue weighted by Gasteiger charge is 2.49. The number of carboxylic acids is 1. The van der Waals surface area contributed by atoms with E-state index in [0.29, 0.717) is 64.8 Å². The summed E-state index contributed by atoms with van der Waals surface area (Å²) in [5.41, 5.74) is 16.4. The molecule has 0 bridgehead atoms. The van der Waals surface area contributed by atoms with E-state index in [9.17, 15) is 40.3 Å². The number of pyridine rings is 7. The van der Waals surface area contributed by atoms with Gasteiger partial charge in [-0.3, -0.25) is 15.0 Å². The van der Waals surface area contributed by atoms with Crippen molar-refractivity contribution in [2.45, 2.75) is 43.6 Å². The van der Waals surface area contributed by atoms with Crippen molar-refractivity contribution >= 4 is 141 Å². The number of aromatic carboxylic acids is 1. The highest BCUT2D eigenvalue weighted by atomic mass is 79.9. The summed E-state index contributed by atoms with van der Waals surface area (Å²) in [4.78, 5) is 47.4. The monoisotopic (exact) mass is 1820 g/mol. The first-order valence-corrected chi connectivity index (χ1v) is 38.5. The molecule has 1 amide bonds. The Morgan fingerprint density at radius 3 is 1.24 bits per heavy atom. The molecule has 36 heteroatoms. The number of benzene rings is 6. The van der Waals surface area contributed by atoms with Crippen LogP contribution in [0.5, 0.6) is 0 Å². The summed E-state index contributed by atoms with van der Waals surface area (Å²) >= 11 is 22.8. The van der Waals surface area contributed by atoms with Crippen LogP contribution in [0.15, 0.2) is 277 Å². The summed E-state index contributed by atoms with van der Waals surface area (Å²) in [5.74, 6) is -5.26. The van der Waals surface area contributed by atoms with Crippen molar-refractivity contribution in [1.82, 2.24) is 74.8 Å². The van der Waals surface area contributed by atoms with E-state index in [1.54, 1.807) is 6.07 Å². The van der Waals surface area contributed by atoms with E-state index >= 15 is 0 Å². The molecular formula is C85H61BBr2Cl3F7N18O5. The maximum absolute atomic E-state index is 14.6. The number of hydrogen-bond donors (Lipinski definition) is 5. The highest BCUT2D eigenvalue weighted by Crippen LogP contribution is 2.45. The molecule has 17 aromatic rings. The van der Waals surface area contributed by atoms with Crippen molar-refractivity contribution in [3.05, 3.63) is 383 Å². The van der Waals surface area contributed by atoms with Gasteiger partial charge < -0.3 is 25.9 Å². The Hall–Kier alpha value is -13.2. The molecular weight excluding hydrogens is 1760 g/mol. The fourth-order valence-corrected chi connectivity index (χ4v) is 14.0. The number of amides is 1. The highest BCUT2D eigenvalue weighted by molar-refractivity contribution is 9.10. The van der Waals surface area contributed by atoms with E-state index in [4.69, 9.17) is 76.1 Å². The minimum absolute atomic E-state index is 0.0314. The van der Waals surface area contributed by atoms with E-state index in [1.807, 2.05) is 139 Å². The van der Waals surface area contributed by atoms with Gasteiger partial charge in [-0.25, -0.2) is 79.8 Å². The van der Waals surface area contributed by atoms with Gasteiger partial charge in [0.05, 0.1) is 87.9 Å². The molecule has 1 aliphatic rings. The van der Waals surface area contributed by atoms with Gasteiger partial charge in [-0.15, -0.1) is 0 Å². The number of nitrogens with two attached hydrogens (primary N) is 2. The number of rotatable bonds is 11. The number of nitriles is 1. The van der Waals surface area contributed by atoms with E-state index in [-0.39, 0.29) is 44.1 Å². The number of aromatic amines is 2. The number of hydrogen-bond acceptors (Lipinski definition) is 17. The number of aromatic nitrogens is 15. The summed E-state index contributed by atoms with van der Waals surface area (Å²) in [7, 11) is -0.752. The number of primary amides is 1. The van der Waals surface area contributed by atoms with E-state index in [2.05, 4.69) is 160 Å². The number of carboxylic acid groups (broad SMARTS) is 1. The minimum atomic E-state index is -1.29. The first-order chi connectivity index (χ1) is 58.1. The SMILES string of the molecule is CC1OB(c2nn(C(c3ccccc3)(c3ccccc3)c3ccccc3)c3ncc(F)cc23)OC1(C)C.Fc1cnc2c(c1)c(Br)nn2C(c1ccccc1)(c1ccccc1)c1ccccc1.Fc1cnc2n[nH]c(Br)c2c1.N#Cc1cc(F)cnc1Cl.NC(=O)c1cc(F)cnc1Cl.Nc1[nH]nc2ncc(F)cc12.O=C(O)c1cc(F)cnc1Cl. The van der Waals surface area contributed by atoms with Gasteiger partial charge in [0.2, 0.25) is 0 Å². The van der Waals surface area contributed by atoms with E-state index < -0.39 is 70.6 Å². The van der Waals surface area contributed by atoms with Gasteiger partial charge in [-0.05, 0) is 128 Å². The van der Waals surface area contributed by atoms with Gasteiger partial charge in [0.25, 0.3) is 5.91 Å². The van der Waals surface area contributed by atoms with Gasteiger partial charge in [0.15, 0.2) is 22.6 Å². The number of halogens is 12. The van der Waals surface area contributed by atoms with Gasteiger partial charge in [0, 0.05) is 5.39 Å². The van der Waals surface area contributed by atoms with Crippen LogP contribution in [0.3, 0.4) is 0 Å². The molecule has 18 rings (SSSR count). The zero-order valence-corrected chi connectivity index (χ0v) is 68.5. The molecule has 12 heterocycles. The number of anilines is 1. The lowest BCUT2D eigenvalue weighted by molar-refractivity contribution is 0.0695. The second-order valence-corrected chi connectivity index (χ2v) is 29.1. The maximum atomic E-state index is 14.6. The zero-order chi connectivity index (χ0) is 86.3. The quantitative estimate of drug-likeness (QED) is 0.0348. The van der Waals surface area contributed by atoms with Crippen molar-refractivity contribution < 1.29 is 54.7 Å². The molecule has 1 aliphatic heterocycles. The van der Waals surface area contributed by atoms with Crippen LogP contribution in [0.25, 0.3) is 44.1 Å². The van der Waals surface area contributed by atoms with Crippen molar-refractivity contribution in [3.63, 3.8) is 0 Å². The lowest BCUT2D eigenvalue weighted by atomic mass is 9.77. The first kappa shape index (κ1) is 87.1. The molecule has 1 atom stereocenters. The van der Waals surface area contributed by atoms with Crippen LogP contribution in [-0.4, -0.2) is 111 Å². The molecule has 0 radical (unpaired) electrons. The molecule has 0 aliphatic carbocycles. The van der Waals surface area contributed by atoms with Crippen molar-refractivity contribution in [3.8, 4) is 6.07 Å². The summed E-state index contributed by atoms with van der Waals surface area (Å²) in [6.07, 6.45) is 7.27. The first-order valence-electron chi connectivity index (χ1n) is 35.8. The number of fused-ring (bicyclic) bond motifs is 4. The predicted molar refractivity (Wildman–Crippen MR) is 451 cm³/mol. The van der Waals surface area contributed by atoms with Crippen molar-refractivity contribution in [1.29, 1.82) is 5.26 Å². The number of carbonyl (C=O) groups excluding carboxylic acids is 1. The summed E-state index contributed by atoms with van der Waals surface area (Å²) in [5, 5.41) is 41.5. The Bertz CT molecular complexity index is 6230. The molecule has 11 aromatic heterocycles. The molecule has 6 aromatic carbocycles. The lowest BCUT2D eigenvalue weighted by Gasteiger charge is -2.36.